The van der Waals surface area contributed by atoms with Crippen molar-refractivity contribution < 1.29 is 27.8 Å². The summed E-state index contributed by atoms with van der Waals surface area (Å²) in [5.74, 6) is -1.80. The van der Waals surface area contributed by atoms with Crippen molar-refractivity contribution in [1.82, 2.24) is 19.7 Å². The Hall–Kier alpha value is -3.14. The smallest absolute Gasteiger partial charge is 0.423 e. The molecule has 1 aromatic rings. The number of carboxylic acid groups (broad SMARTS) is 1. The molecule has 1 unspecified atom stereocenters. The van der Waals surface area contributed by atoms with E-state index in [-0.39, 0.29) is 23.0 Å². The third kappa shape index (κ3) is 6.50. The largest absolute Gasteiger partial charge is 0.477 e. The summed E-state index contributed by atoms with van der Waals surface area (Å²) in [6.07, 6.45) is -0.606. The summed E-state index contributed by atoms with van der Waals surface area (Å²) >= 11 is 0. The third-order valence-corrected chi connectivity index (χ3v) is 6.12. The van der Waals surface area contributed by atoms with Crippen LogP contribution >= 0.6 is 0 Å². The highest BCUT2D eigenvalue weighted by molar-refractivity contribution is 5.92. The normalized spacial score (nSPS) is 18.2. The van der Waals surface area contributed by atoms with E-state index in [1.54, 1.807) is 0 Å². The average Bonchev–Trinajstić information content (AvgIpc) is 2.80. The fourth-order valence-electron chi connectivity index (χ4n) is 4.01. The van der Waals surface area contributed by atoms with Crippen molar-refractivity contribution >= 4 is 11.8 Å². The Morgan fingerprint density at radius 1 is 1.31 bits per heavy atom. The molecule has 3 rings (SSSR count). The van der Waals surface area contributed by atoms with Crippen molar-refractivity contribution in [2.45, 2.75) is 32.4 Å². The molecule has 0 aromatic carbocycles. The fourth-order valence-corrected chi connectivity index (χ4v) is 4.01. The summed E-state index contributed by atoms with van der Waals surface area (Å²) < 4.78 is 44.6. The van der Waals surface area contributed by atoms with E-state index in [1.165, 1.54) is 30.3 Å². The van der Waals surface area contributed by atoms with Crippen LogP contribution < -0.4 is 4.74 Å². The van der Waals surface area contributed by atoms with Gasteiger partial charge in [-0.3, -0.25) is 10.3 Å². The van der Waals surface area contributed by atoms with Crippen molar-refractivity contribution in [1.29, 1.82) is 5.41 Å². The van der Waals surface area contributed by atoms with Crippen molar-refractivity contribution in [2.75, 3.05) is 46.4 Å². The second-order valence-electron chi connectivity index (χ2n) is 8.57. The van der Waals surface area contributed by atoms with Gasteiger partial charge in [0, 0.05) is 51.0 Å². The Morgan fingerprint density at radius 3 is 2.57 bits per heavy atom. The van der Waals surface area contributed by atoms with Gasteiger partial charge in [-0.25, -0.2) is 9.78 Å². The number of halogens is 3. The van der Waals surface area contributed by atoms with Crippen molar-refractivity contribution in [2.24, 2.45) is 0 Å². The van der Waals surface area contributed by atoms with Crippen molar-refractivity contribution in [3.05, 3.63) is 52.7 Å². The first-order chi connectivity index (χ1) is 16.5. The Labute approximate surface area is 202 Å². The maximum absolute atomic E-state index is 13.0. The summed E-state index contributed by atoms with van der Waals surface area (Å²) in [4.78, 5) is 21.9. The number of alkyl halides is 3. The molecule has 2 aliphatic rings. The number of likely N-dealkylation sites (N-methyl/N-ethyl adjacent to an activating group) is 1. The lowest BCUT2D eigenvalue weighted by atomic mass is 9.94. The second kappa shape index (κ2) is 11.1. The van der Waals surface area contributed by atoms with Gasteiger partial charge in [0.05, 0.1) is 5.70 Å². The summed E-state index contributed by atoms with van der Waals surface area (Å²) in [5, 5.41) is 18.3. The van der Waals surface area contributed by atoms with E-state index in [2.05, 4.69) is 27.6 Å². The minimum atomic E-state index is -4.53. The molecule has 0 saturated carbocycles. The number of nitrogens with one attached hydrogen (secondary N) is 1. The molecule has 0 aliphatic carbocycles. The predicted octanol–water partition coefficient (Wildman–Crippen LogP) is 3.70. The van der Waals surface area contributed by atoms with E-state index in [1.807, 2.05) is 6.92 Å². The molecule has 1 fully saturated rings. The zero-order chi connectivity index (χ0) is 25.8. The molecular formula is C24H30F3N5O3. The van der Waals surface area contributed by atoms with Gasteiger partial charge in [-0.05, 0) is 38.1 Å². The monoisotopic (exact) mass is 493 g/mol. The van der Waals surface area contributed by atoms with Crippen LogP contribution in [0.1, 0.15) is 42.1 Å². The topological polar surface area (TPSA) is 93.0 Å². The number of piperazine rings is 1. The zero-order valence-corrected chi connectivity index (χ0v) is 20.0. The van der Waals surface area contributed by atoms with Gasteiger partial charge in [-0.1, -0.05) is 12.7 Å². The first-order valence-corrected chi connectivity index (χ1v) is 11.4. The van der Waals surface area contributed by atoms with Crippen LogP contribution in [-0.2, 0) is 0 Å². The summed E-state index contributed by atoms with van der Waals surface area (Å²) in [6.45, 7) is 7.95. The summed E-state index contributed by atoms with van der Waals surface area (Å²) in [7, 11) is 2.07. The van der Waals surface area contributed by atoms with Gasteiger partial charge in [0.2, 0.25) is 5.88 Å². The van der Waals surface area contributed by atoms with E-state index in [4.69, 9.17) is 10.1 Å². The molecule has 1 atom stereocenters. The quantitative estimate of drug-likeness (QED) is 0.324. The molecule has 3 heterocycles. The van der Waals surface area contributed by atoms with E-state index in [0.717, 1.165) is 32.3 Å². The second-order valence-corrected chi connectivity index (χ2v) is 8.57. The molecule has 0 spiro atoms. The molecule has 8 nitrogen and oxygen atoms in total. The van der Waals surface area contributed by atoms with E-state index in [0.29, 0.717) is 25.1 Å². The van der Waals surface area contributed by atoms with Crippen LogP contribution in [0.2, 0.25) is 0 Å². The van der Waals surface area contributed by atoms with Gasteiger partial charge in [0.1, 0.15) is 23.6 Å². The number of carbonyl (C=O) groups is 1. The summed E-state index contributed by atoms with van der Waals surface area (Å²) in [5.41, 5.74) is 1.83. The van der Waals surface area contributed by atoms with Crippen LogP contribution in [0.5, 0.6) is 5.88 Å². The van der Waals surface area contributed by atoms with E-state index < -0.39 is 23.6 Å². The SMILES string of the molecule is CCC(C(=N)N1C=CC(C(F)(F)F)=C=C1C)c1cnc(OCCN2CCN(C)CC2)c(C(=O)O)c1. The van der Waals surface area contributed by atoms with Crippen LogP contribution in [0, 0.1) is 5.41 Å². The third-order valence-electron chi connectivity index (χ3n) is 6.12. The standard InChI is InChI=1S/C24H30F3N5O3/c1-4-19(21(28)32-6-5-18(13-16(32)2)24(25,26)27)17-14-20(23(33)34)22(29-15-17)35-12-11-31-9-7-30(3)8-10-31/h5-6,14-15,19,28H,4,7-12H2,1-3H3,(H,33,34). The number of ether oxygens (including phenoxy) is 1. The first-order valence-electron chi connectivity index (χ1n) is 11.4. The van der Waals surface area contributed by atoms with Crippen LogP contribution in [0.25, 0.3) is 0 Å². The lowest BCUT2D eigenvalue weighted by molar-refractivity contribution is -0.0882. The number of carboxylic acids is 1. The highest BCUT2D eigenvalue weighted by Crippen LogP contribution is 2.32. The van der Waals surface area contributed by atoms with Crippen LogP contribution in [0.3, 0.4) is 0 Å². The number of hydrogen-bond acceptors (Lipinski definition) is 6. The summed E-state index contributed by atoms with van der Waals surface area (Å²) in [6, 6.07) is 1.42. The average molecular weight is 494 g/mol. The van der Waals surface area contributed by atoms with Gasteiger partial charge >= 0.3 is 12.1 Å². The van der Waals surface area contributed by atoms with Crippen LogP contribution in [-0.4, -0.2) is 89.1 Å². The molecule has 35 heavy (non-hydrogen) atoms. The van der Waals surface area contributed by atoms with Gasteiger partial charge < -0.3 is 19.6 Å². The lowest BCUT2D eigenvalue weighted by Gasteiger charge is -2.32. The molecule has 2 aliphatic heterocycles. The van der Waals surface area contributed by atoms with Gasteiger partial charge in [-0.15, -0.1) is 0 Å². The molecule has 0 amide bonds. The highest BCUT2D eigenvalue weighted by atomic mass is 19.4. The van der Waals surface area contributed by atoms with Gasteiger partial charge in [-0.2, -0.15) is 13.2 Å². The number of aromatic nitrogens is 1. The maximum atomic E-state index is 13.0. The number of allylic oxidation sites excluding steroid dienone is 2. The molecule has 0 radical (unpaired) electrons. The molecule has 1 aromatic heterocycles. The van der Waals surface area contributed by atoms with Gasteiger partial charge in [0.15, 0.2) is 0 Å². The lowest BCUT2D eigenvalue weighted by Crippen LogP contribution is -2.45. The number of pyridine rings is 1. The minimum Gasteiger partial charge on any atom is -0.477 e. The number of nitrogens with zero attached hydrogens (tertiary/aromatic N) is 4. The molecule has 0 bridgehead atoms. The number of aromatic carboxylic acids is 1. The van der Waals surface area contributed by atoms with Crippen molar-refractivity contribution in [3.8, 4) is 5.88 Å². The fraction of sp³-hybridized carbons (Fsp3) is 0.500. The Bertz CT molecular complexity index is 1050. The Kier molecular flexibility index (Phi) is 8.37. The molecular weight excluding hydrogens is 463 g/mol. The van der Waals surface area contributed by atoms with E-state index >= 15 is 0 Å². The minimum absolute atomic E-state index is 0.00292. The molecule has 2 N–H and O–H groups in total. The van der Waals surface area contributed by atoms with Crippen molar-refractivity contribution in [3.63, 3.8) is 0 Å². The predicted molar refractivity (Wildman–Crippen MR) is 125 cm³/mol. The van der Waals surface area contributed by atoms with Gasteiger partial charge in [0.25, 0.3) is 0 Å². The van der Waals surface area contributed by atoms with E-state index in [9.17, 15) is 23.1 Å². The number of amidine groups is 1. The number of hydrogen-bond donors (Lipinski definition) is 2. The van der Waals surface area contributed by atoms with Crippen LogP contribution in [0.4, 0.5) is 13.2 Å². The molecule has 1 saturated heterocycles. The highest BCUT2D eigenvalue weighted by Gasteiger charge is 2.34. The maximum Gasteiger partial charge on any atom is 0.423 e. The number of rotatable bonds is 8. The zero-order valence-electron chi connectivity index (χ0n) is 20.0. The Morgan fingerprint density at radius 2 is 2.00 bits per heavy atom. The molecule has 190 valence electrons. The Balaban J connectivity index is 1.75. The molecule has 11 heteroatoms. The first kappa shape index (κ1) is 26.5. The van der Waals surface area contributed by atoms with Crippen LogP contribution in [0.15, 0.2) is 41.5 Å².